The van der Waals surface area contributed by atoms with Gasteiger partial charge in [0.25, 0.3) is 0 Å². The van der Waals surface area contributed by atoms with Crippen LogP contribution in [0.25, 0.3) is 0 Å². The number of alkyl halides is 6. The van der Waals surface area contributed by atoms with Crippen molar-refractivity contribution in [1.29, 1.82) is 0 Å². The summed E-state index contributed by atoms with van der Waals surface area (Å²) in [6.07, 6.45) is -7.51. The van der Waals surface area contributed by atoms with Gasteiger partial charge in [-0.1, -0.05) is 19.0 Å². The average molecular weight is 419 g/mol. The number of rotatable bonds is 3. The van der Waals surface area contributed by atoms with E-state index in [9.17, 15) is 35.9 Å². The zero-order chi connectivity index (χ0) is 22.1. The highest BCUT2D eigenvalue weighted by Crippen LogP contribution is 2.36. The molecule has 0 radical (unpaired) electrons. The number of oxime groups is 1. The molecule has 2 rings (SSSR count). The maximum absolute atomic E-state index is 13.1. The van der Waals surface area contributed by atoms with Crippen LogP contribution < -0.4 is 0 Å². The van der Waals surface area contributed by atoms with Crippen LogP contribution >= 0.6 is 0 Å². The van der Waals surface area contributed by atoms with Crippen LogP contribution in [0.5, 0.6) is 0 Å². The molecule has 0 bridgehead atoms. The summed E-state index contributed by atoms with van der Waals surface area (Å²) in [5.74, 6) is -2.20. The Labute approximate surface area is 161 Å². The lowest BCUT2D eigenvalue weighted by molar-refractivity contribution is -0.141. The summed E-state index contributed by atoms with van der Waals surface area (Å²) < 4.78 is 77.8. The number of carbonyl (C=O) groups is 2. The predicted octanol–water partition coefficient (Wildman–Crippen LogP) is 5.35. The van der Waals surface area contributed by atoms with Crippen LogP contribution in [-0.2, 0) is 22.0 Å². The molecule has 1 aliphatic carbocycles. The van der Waals surface area contributed by atoms with Gasteiger partial charge in [-0.05, 0) is 48.8 Å². The van der Waals surface area contributed by atoms with E-state index in [0.717, 1.165) is 0 Å². The van der Waals surface area contributed by atoms with Crippen LogP contribution in [0, 0.1) is 5.92 Å². The highest BCUT2D eigenvalue weighted by atomic mass is 19.4. The van der Waals surface area contributed by atoms with Gasteiger partial charge in [0.15, 0.2) is 5.78 Å². The van der Waals surface area contributed by atoms with Gasteiger partial charge in [-0.2, -0.15) is 26.3 Å². The predicted molar refractivity (Wildman–Crippen MR) is 91.0 cm³/mol. The minimum atomic E-state index is -5.08. The first-order valence-corrected chi connectivity index (χ1v) is 8.24. The van der Waals surface area contributed by atoms with Gasteiger partial charge < -0.3 is 4.84 Å². The lowest BCUT2D eigenvalue weighted by Gasteiger charge is -2.15. The van der Waals surface area contributed by atoms with E-state index in [4.69, 9.17) is 0 Å². The zero-order valence-corrected chi connectivity index (χ0v) is 15.4. The molecule has 1 aromatic carbocycles. The summed E-state index contributed by atoms with van der Waals surface area (Å²) in [6.45, 7) is 4.91. The highest BCUT2D eigenvalue weighted by Gasteiger charge is 2.39. The second-order valence-electron chi connectivity index (χ2n) is 6.56. The molecule has 0 fully saturated rings. The number of allylic oxidation sites excluding steroid dienone is 4. The summed E-state index contributed by atoms with van der Waals surface area (Å²) in [6, 6.07) is 0.449. The first-order valence-electron chi connectivity index (χ1n) is 8.24. The molecule has 156 valence electrons. The fraction of sp³-hybridized carbons (Fsp3) is 0.316. The largest absolute Gasteiger partial charge is 0.417 e. The van der Waals surface area contributed by atoms with E-state index in [1.54, 1.807) is 13.8 Å². The molecule has 0 atom stereocenters. The Morgan fingerprint density at radius 3 is 2.17 bits per heavy atom. The van der Waals surface area contributed by atoms with Crippen LogP contribution in [-0.4, -0.2) is 17.5 Å². The Balaban J connectivity index is 2.43. The van der Waals surface area contributed by atoms with Crippen LogP contribution in [0.2, 0.25) is 0 Å². The maximum Gasteiger partial charge on any atom is 0.417 e. The highest BCUT2D eigenvalue weighted by molar-refractivity contribution is 6.21. The van der Waals surface area contributed by atoms with Gasteiger partial charge in [0, 0.05) is 5.57 Å². The van der Waals surface area contributed by atoms with E-state index in [2.05, 4.69) is 9.99 Å². The molecule has 0 amide bonds. The average Bonchev–Trinajstić information content (AvgIpc) is 2.58. The second kappa shape index (κ2) is 7.84. The van der Waals surface area contributed by atoms with Gasteiger partial charge in [-0.15, -0.1) is 0 Å². The quantitative estimate of drug-likeness (QED) is 0.287. The van der Waals surface area contributed by atoms with Crippen molar-refractivity contribution in [2.24, 2.45) is 11.1 Å². The molecule has 0 aromatic heterocycles. The van der Waals surface area contributed by atoms with Gasteiger partial charge >= 0.3 is 18.3 Å². The third-order valence-corrected chi connectivity index (χ3v) is 4.05. The van der Waals surface area contributed by atoms with E-state index in [-0.39, 0.29) is 41.2 Å². The Bertz CT molecular complexity index is 936. The lowest BCUT2D eigenvalue weighted by Crippen LogP contribution is -2.18. The molecule has 0 unspecified atom stereocenters. The van der Waals surface area contributed by atoms with Crippen LogP contribution in [0.3, 0.4) is 0 Å². The molecule has 1 aromatic rings. The van der Waals surface area contributed by atoms with E-state index < -0.39 is 35.0 Å². The standard InChI is InChI=1S/C19H15F6NO3/c1-9(2)12-8-15(10(3)6-16(12)27)26-29-17(28)13-7-11(18(20,21)22)4-5-14(13)19(23,24)25/h4-9H,1-3H3/b26-15-. The molecule has 0 N–H and O–H groups in total. The number of nitrogens with zero attached hydrogens (tertiary/aromatic N) is 1. The molecule has 0 heterocycles. The first-order chi connectivity index (χ1) is 13.2. The van der Waals surface area contributed by atoms with Crippen molar-refractivity contribution in [3.8, 4) is 0 Å². The Morgan fingerprint density at radius 1 is 1.03 bits per heavy atom. The summed E-state index contributed by atoms with van der Waals surface area (Å²) in [5.41, 5.74) is -3.72. The Morgan fingerprint density at radius 2 is 1.66 bits per heavy atom. The van der Waals surface area contributed by atoms with E-state index in [1.807, 2.05) is 0 Å². The van der Waals surface area contributed by atoms with Crippen LogP contribution in [0.15, 0.2) is 46.7 Å². The molecule has 0 spiro atoms. The fourth-order valence-corrected chi connectivity index (χ4v) is 2.51. The normalized spacial score (nSPS) is 16.8. The minimum Gasteiger partial charge on any atom is -0.312 e. The molecule has 29 heavy (non-hydrogen) atoms. The molecule has 10 heteroatoms. The molecule has 0 saturated carbocycles. The molecule has 0 saturated heterocycles. The third-order valence-electron chi connectivity index (χ3n) is 4.05. The summed E-state index contributed by atoms with van der Waals surface area (Å²) >= 11 is 0. The van der Waals surface area contributed by atoms with E-state index in [0.29, 0.717) is 5.57 Å². The third kappa shape index (κ3) is 5.12. The number of hydrogen-bond acceptors (Lipinski definition) is 4. The molecular weight excluding hydrogens is 404 g/mol. The summed E-state index contributed by atoms with van der Waals surface area (Å²) in [4.78, 5) is 28.5. The zero-order valence-electron chi connectivity index (χ0n) is 15.4. The number of halogens is 6. The number of hydrogen-bond donors (Lipinski definition) is 0. The molecule has 0 aliphatic heterocycles. The fourth-order valence-electron chi connectivity index (χ4n) is 2.51. The van der Waals surface area contributed by atoms with Crippen molar-refractivity contribution in [1.82, 2.24) is 0 Å². The van der Waals surface area contributed by atoms with E-state index in [1.165, 1.54) is 19.1 Å². The Kier molecular flexibility index (Phi) is 6.05. The smallest absolute Gasteiger partial charge is 0.312 e. The van der Waals surface area contributed by atoms with Gasteiger partial charge in [-0.25, -0.2) is 4.79 Å². The van der Waals surface area contributed by atoms with Crippen molar-refractivity contribution in [2.75, 3.05) is 0 Å². The van der Waals surface area contributed by atoms with Crippen LogP contribution in [0.1, 0.15) is 42.3 Å². The SMILES string of the molecule is CC1=CC(=O)C(C(C)C)=C/C1=N/OC(=O)c1cc(C(F)(F)F)ccc1C(F)(F)F. The minimum absolute atomic E-state index is 0.00202. The van der Waals surface area contributed by atoms with Gasteiger partial charge in [0.05, 0.1) is 16.7 Å². The summed E-state index contributed by atoms with van der Waals surface area (Å²) in [7, 11) is 0. The first kappa shape index (κ1) is 22.4. The molecular formula is C19H15F6NO3. The number of benzene rings is 1. The van der Waals surface area contributed by atoms with Gasteiger partial charge in [-0.3, -0.25) is 4.79 Å². The van der Waals surface area contributed by atoms with Crippen molar-refractivity contribution in [3.05, 3.63) is 58.2 Å². The second-order valence-corrected chi connectivity index (χ2v) is 6.56. The number of carbonyl (C=O) groups excluding carboxylic acids is 2. The molecule has 4 nitrogen and oxygen atoms in total. The van der Waals surface area contributed by atoms with Crippen molar-refractivity contribution >= 4 is 17.5 Å². The van der Waals surface area contributed by atoms with Crippen molar-refractivity contribution in [3.63, 3.8) is 0 Å². The number of ketones is 1. The van der Waals surface area contributed by atoms with Gasteiger partial charge in [0.2, 0.25) is 0 Å². The Hall–Kier alpha value is -2.91. The van der Waals surface area contributed by atoms with Crippen LogP contribution in [0.4, 0.5) is 26.3 Å². The van der Waals surface area contributed by atoms with Crippen molar-refractivity contribution < 1.29 is 40.8 Å². The maximum atomic E-state index is 13.1. The lowest BCUT2D eigenvalue weighted by atomic mass is 9.90. The van der Waals surface area contributed by atoms with E-state index >= 15 is 0 Å². The topological polar surface area (TPSA) is 55.7 Å². The summed E-state index contributed by atoms with van der Waals surface area (Å²) in [5, 5.41) is 3.44. The monoisotopic (exact) mass is 419 g/mol. The molecule has 1 aliphatic rings. The van der Waals surface area contributed by atoms with Crippen molar-refractivity contribution in [2.45, 2.75) is 33.1 Å². The van der Waals surface area contributed by atoms with Gasteiger partial charge in [0.1, 0.15) is 5.71 Å².